The molecule has 0 aliphatic carbocycles. The molecule has 8 aromatic rings. The number of hydrogen-bond acceptors (Lipinski definition) is 3. The molecule has 0 spiro atoms. The fourth-order valence-electron chi connectivity index (χ4n) is 7.70. The van der Waals surface area contributed by atoms with Crippen LogP contribution in [0.1, 0.15) is 114 Å². The van der Waals surface area contributed by atoms with E-state index in [1.165, 1.54) is 6.20 Å². The summed E-state index contributed by atoms with van der Waals surface area (Å²) in [7, 11) is 0. The van der Waals surface area contributed by atoms with Gasteiger partial charge in [-0.25, -0.2) is 4.98 Å². The van der Waals surface area contributed by atoms with Gasteiger partial charge in [-0.1, -0.05) is 138 Å². The van der Waals surface area contributed by atoms with Gasteiger partial charge in [0.15, 0.2) is 0 Å². The molecule has 0 aliphatic heterocycles. The van der Waals surface area contributed by atoms with Gasteiger partial charge in [-0.15, -0.1) is 29.3 Å². The minimum atomic E-state index is -2.85. The van der Waals surface area contributed by atoms with Crippen molar-refractivity contribution in [2.24, 2.45) is 0 Å². The van der Waals surface area contributed by atoms with Gasteiger partial charge < -0.3 is 5.11 Å². The molecule has 0 bridgehead atoms. The minimum Gasteiger partial charge on any atom is -0.507 e. The van der Waals surface area contributed by atoms with Crippen LogP contribution < -0.4 is 0 Å². The maximum Gasteiger partial charge on any atom is 0.148 e. The zero-order chi connectivity index (χ0) is 52.0. The van der Waals surface area contributed by atoms with E-state index in [1.807, 2.05) is 88.4 Å². The van der Waals surface area contributed by atoms with Crippen molar-refractivity contribution in [3.05, 3.63) is 166 Å². The number of aromatic nitrogens is 3. The summed E-state index contributed by atoms with van der Waals surface area (Å²) < 4.78 is 96.0. The predicted molar refractivity (Wildman–Crippen MR) is 252 cm³/mol. The second-order valence-electron chi connectivity index (χ2n) is 17.3. The zero-order valence-corrected chi connectivity index (χ0v) is 38.2. The fraction of sp³-hybridized carbons (Fsp3) is 0.250. The molecule has 6 aromatic carbocycles. The van der Waals surface area contributed by atoms with Crippen LogP contribution in [0.25, 0.3) is 72.7 Å². The second kappa shape index (κ2) is 17.1. The fourth-order valence-corrected chi connectivity index (χ4v) is 7.70. The van der Waals surface area contributed by atoms with Crippen LogP contribution in [0, 0.1) is 33.6 Å². The predicted octanol–water partition coefficient (Wildman–Crippen LogP) is 15.0. The van der Waals surface area contributed by atoms with Crippen molar-refractivity contribution in [1.29, 1.82) is 0 Å². The van der Waals surface area contributed by atoms with Crippen molar-refractivity contribution < 1.29 is 41.3 Å². The van der Waals surface area contributed by atoms with Gasteiger partial charge in [-0.05, 0) is 125 Å². The first-order valence-electron chi connectivity index (χ1n) is 25.7. The average molecular weight is 993 g/mol. The molecule has 2 heterocycles. The Bertz CT molecular complexity index is 3400. The van der Waals surface area contributed by atoms with E-state index in [0.29, 0.717) is 67.2 Å². The molecule has 5 heteroatoms. The smallest absolute Gasteiger partial charge is 0.148 e. The van der Waals surface area contributed by atoms with Gasteiger partial charge in [0.05, 0.1) is 27.8 Å². The first-order valence-corrected chi connectivity index (χ1v) is 20.2. The molecule has 0 atom stereocenters. The molecule has 0 radical (unpaired) electrons. The molecule has 0 unspecified atom stereocenters. The van der Waals surface area contributed by atoms with E-state index in [0.717, 1.165) is 27.8 Å². The van der Waals surface area contributed by atoms with Crippen molar-refractivity contribution in [1.82, 2.24) is 14.5 Å². The Hall–Kier alpha value is -5.57. The standard InChI is InChI=1S/C56H56N3O.Pt/c1-33(2)42-26-43(34(3)4)28-44(27-42)40-19-20-51(37(7)25-40)59-52-14-12-13-48(53(52)58-55(59)49-24-36(6)23-38(8)54(49)60)45-29-46(31-47(30-45)56(9,10)11)50-32-41(21-22-57-50)39-17-15-35(5)16-18-39;/h12-28,30-34,60H,1-11H3;/q-1;/i5D3,7D3,15D,16D,17D,18D,33D;. The summed E-state index contributed by atoms with van der Waals surface area (Å²) in [5.41, 5.74) is 9.04. The van der Waals surface area contributed by atoms with E-state index >= 15 is 0 Å². The quantitative estimate of drug-likeness (QED) is 0.154. The van der Waals surface area contributed by atoms with Gasteiger partial charge in [0.2, 0.25) is 0 Å². The summed E-state index contributed by atoms with van der Waals surface area (Å²) in [6.07, 6.45) is 1.50. The zero-order valence-electron chi connectivity index (χ0n) is 46.9. The average Bonchev–Trinajstić information content (AvgIpc) is 3.67. The van der Waals surface area contributed by atoms with Crippen molar-refractivity contribution in [3.63, 3.8) is 0 Å². The Morgan fingerprint density at radius 3 is 2.16 bits per heavy atom. The van der Waals surface area contributed by atoms with E-state index in [-0.39, 0.29) is 43.9 Å². The summed E-state index contributed by atoms with van der Waals surface area (Å²) >= 11 is 0. The van der Waals surface area contributed by atoms with Crippen LogP contribution in [0.4, 0.5) is 0 Å². The van der Waals surface area contributed by atoms with Crippen LogP contribution in [0.3, 0.4) is 0 Å². The van der Waals surface area contributed by atoms with Crippen molar-refractivity contribution >= 4 is 11.0 Å². The molecular formula is C56H56N3OPt-. The Kier molecular flexibility index (Phi) is 8.75. The summed E-state index contributed by atoms with van der Waals surface area (Å²) in [5.74, 6) is -0.416. The molecule has 8 rings (SSSR count). The molecule has 2 aromatic heterocycles. The number of nitrogens with zero attached hydrogens (tertiary/aromatic N) is 3. The van der Waals surface area contributed by atoms with Crippen LogP contribution in [-0.4, -0.2) is 19.6 Å². The van der Waals surface area contributed by atoms with Gasteiger partial charge in [0.1, 0.15) is 11.6 Å². The van der Waals surface area contributed by atoms with Crippen molar-refractivity contribution in [3.8, 4) is 67.5 Å². The number of hydrogen-bond donors (Lipinski definition) is 1. The van der Waals surface area contributed by atoms with E-state index in [1.54, 1.807) is 28.8 Å². The number of pyridine rings is 1. The van der Waals surface area contributed by atoms with Crippen LogP contribution in [0.5, 0.6) is 5.75 Å². The molecular weight excluding hydrogens is 926 g/mol. The number of fused-ring (bicyclic) bond motifs is 1. The molecule has 4 nitrogen and oxygen atoms in total. The SMILES string of the molecule is [2H]c1c([2H])c(C([2H])([2H])[2H])c([2H])c([2H])c1-c1ccnc(-c2[c-]c(-c3cccc4c3nc(-c3cc(C)cc(C)c3O)n4-c3ccc(-c4cc(C(C)C)cc(C([2H])(C)C)c4)cc3C([2H])([2H])[2H])cc(C(C)(C)C)c2)c1.[Pt]. The number of para-hydroxylation sites is 1. The molecule has 0 saturated carbocycles. The number of imidazole rings is 1. The largest absolute Gasteiger partial charge is 0.507 e. The molecule has 0 fully saturated rings. The first kappa shape index (κ1) is 31.3. The number of benzene rings is 6. The maximum absolute atomic E-state index is 11.8. The Morgan fingerprint density at radius 2 is 1.46 bits per heavy atom. The third-order valence-electron chi connectivity index (χ3n) is 11.1. The third-order valence-corrected chi connectivity index (χ3v) is 11.1. The second-order valence-corrected chi connectivity index (χ2v) is 17.3. The maximum atomic E-state index is 11.8. The van der Waals surface area contributed by atoms with Gasteiger partial charge in [-0.2, -0.15) is 0 Å². The van der Waals surface area contributed by atoms with E-state index < -0.39 is 54.7 Å². The van der Waals surface area contributed by atoms with Gasteiger partial charge >= 0.3 is 0 Å². The molecule has 0 saturated heterocycles. The summed E-state index contributed by atoms with van der Waals surface area (Å²) in [4.78, 5) is 9.99. The minimum absolute atomic E-state index is 0. The third kappa shape index (κ3) is 8.66. The van der Waals surface area contributed by atoms with Crippen LogP contribution in [-0.2, 0) is 26.5 Å². The molecule has 0 aliphatic rings. The Morgan fingerprint density at radius 1 is 0.721 bits per heavy atom. The number of rotatable bonds is 8. The number of phenolic OH excluding ortho intramolecular Hbond substituents is 1. The topological polar surface area (TPSA) is 50.9 Å². The normalized spacial score (nSPS) is 15.0. The van der Waals surface area contributed by atoms with Crippen molar-refractivity contribution in [2.75, 3.05) is 0 Å². The van der Waals surface area contributed by atoms with Gasteiger partial charge in [0, 0.05) is 42.6 Å². The number of aryl methyl sites for hydroxylation is 3. The van der Waals surface area contributed by atoms with Gasteiger partial charge in [0.25, 0.3) is 0 Å². The van der Waals surface area contributed by atoms with Crippen LogP contribution in [0.15, 0.2) is 121 Å². The number of aromatic hydroxyl groups is 1. The van der Waals surface area contributed by atoms with E-state index in [4.69, 9.17) is 20.1 Å². The van der Waals surface area contributed by atoms with Gasteiger partial charge in [-0.3, -0.25) is 9.55 Å². The summed E-state index contributed by atoms with van der Waals surface area (Å²) in [6.45, 7) is 12.3. The molecule has 0 amide bonds. The van der Waals surface area contributed by atoms with Crippen molar-refractivity contribution in [2.45, 2.75) is 93.2 Å². The van der Waals surface area contributed by atoms with Crippen LogP contribution >= 0.6 is 0 Å². The summed E-state index contributed by atoms with van der Waals surface area (Å²) in [5, 5.41) is 11.8. The number of phenols is 1. The monoisotopic (exact) mass is 992 g/mol. The van der Waals surface area contributed by atoms with E-state index in [9.17, 15) is 5.11 Å². The summed E-state index contributed by atoms with van der Waals surface area (Å²) in [6, 6.07) is 29.3. The molecule has 61 heavy (non-hydrogen) atoms. The van der Waals surface area contributed by atoms with Crippen LogP contribution in [0.2, 0.25) is 0 Å². The Labute approximate surface area is 392 Å². The Balaban J connectivity index is 0.00000760. The molecule has 1 N–H and O–H groups in total. The first-order chi connectivity index (χ1) is 32.9. The van der Waals surface area contributed by atoms with E-state index in [2.05, 4.69) is 51.7 Å². The molecule has 312 valence electrons.